The highest BCUT2D eigenvalue weighted by molar-refractivity contribution is 8.14. The van der Waals surface area contributed by atoms with Crippen LogP contribution in [0.3, 0.4) is 0 Å². The van der Waals surface area contributed by atoms with E-state index in [-0.39, 0.29) is 48.0 Å². The lowest BCUT2D eigenvalue weighted by atomic mass is 9.87. The first-order valence-electron chi connectivity index (χ1n) is 21.4. The number of nitrogens with one attached hydrogen (secondary N) is 2. The lowest BCUT2D eigenvalue weighted by Gasteiger charge is -2.30. The average Bonchev–Trinajstić information content (AvgIpc) is 3.80. The van der Waals surface area contributed by atoms with E-state index in [9.17, 15) is 62.7 Å². The molecule has 2 aromatic rings. The Morgan fingerprint density at radius 1 is 0.910 bits per heavy atom. The number of unbranched alkanes of at least 4 members (excludes halogenated alkanes) is 10. The summed E-state index contributed by atoms with van der Waals surface area (Å²) in [4.78, 5) is 98.7. The molecule has 0 aromatic carbocycles. The van der Waals surface area contributed by atoms with E-state index < -0.39 is 90.5 Å². The van der Waals surface area contributed by atoms with Crippen LogP contribution in [0.25, 0.3) is 11.2 Å². The number of ether oxygens (including phenoxy) is 1. The van der Waals surface area contributed by atoms with Crippen LogP contribution < -0.4 is 16.4 Å². The first-order valence-corrected chi connectivity index (χ1v) is 26.9. The van der Waals surface area contributed by atoms with Gasteiger partial charge in [0.2, 0.25) is 16.9 Å². The third-order valence-electron chi connectivity index (χ3n) is 10.0. The molecule has 0 aliphatic carbocycles. The zero-order chi connectivity index (χ0) is 49.8. The van der Waals surface area contributed by atoms with Crippen LogP contribution in [-0.4, -0.2) is 134 Å². The molecule has 1 fully saturated rings. The quantitative estimate of drug-likeness (QED) is 0.0279. The fourth-order valence-electron chi connectivity index (χ4n) is 6.46. The van der Waals surface area contributed by atoms with E-state index in [1.165, 1.54) is 19.9 Å². The molecule has 7 atom stereocenters. The number of amides is 2. The maximum absolute atomic E-state index is 12.7. The van der Waals surface area contributed by atoms with Gasteiger partial charge >= 0.3 is 29.4 Å². The predicted octanol–water partition coefficient (Wildman–Crippen LogP) is 2.99. The van der Waals surface area contributed by atoms with Gasteiger partial charge in [-0.05, 0) is 25.3 Å². The van der Waals surface area contributed by atoms with Gasteiger partial charge in [-0.25, -0.2) is 28.6 Å². The number of hydrogen-bond donors (Lipinski definition) is 10. The summed E-state index contributed by atoms with van der Waals surface area (Å²) < 4.78 is 62.3. The number of thioether (sulfide) groups is 1. The molecule has 0 radical (unpaired) electrons. The summed E-state index contributed by atoms with van der Waals surface area (Å²) in [5.74, 6) is -1.91. The Kier molecular flexibility index (Phi) is 24.1. The van der Waals surface area contributed by atoms with Crippen molar-refractivity contribution in [3.8, 4) is 0 Å². The number of carboxylic acid groups (broad SMARTS) is 1. The zero-order valence-corrected chi connectivity index (χ0v) is 40.6. The lowest BCUT2D eigenvalue weighted by molar-refractivity contribution is -0.137. The molecule has 1 aliphatic rings. The van der Waals surface area contributed by atoms with Gasteiger partial charge in [0, 0.05) is 37.1 Å². The maximum Gasteiger partial charge on any atom is 0.481 e. The second-order valence-corrected chi connectivity index (χ2v) is 21.4. The van der Waals surface area contributed by atoms with Crippen molar-refractivity contribution >= 4 is 75.1 Å². The Hall–Kier alpha value is -3.23. The van der Waals surface area contributed by atoms with Crippen LogP contribution in [0.5, 0.6) is 0 Å². The summed E-state index contributed by atoms with van der Waals surface area (Å²) >= 11 is 1.04. The third kappa shape index (κ3) is 21.5. The number of hydrogen-bond acceptors (Lipinski definition) is 19. The molecule has 2 unspecified atom stereocenters. The minimum absolute atomic E-state index is 0.0264. The number of carbonyl (C=O) groups excluding carboxylic acids is 3. The molecule has 1 saturated heterocycles. The second-order valence-electron chi connectivity index (χ2n) is 16.1. The number of aliphatic carboxylic acids is 1. The zero-order valence-electron chi connectivity index (χ0n) is 37.1. The van der Waals surface area contributed by atoms with Gasteiger partial charge in [0.1, 0.15) is 36.3 Å². The van der Waals surface area contributed by atoms with Crippen molar-refractivity contribution in [2.45, 2.75) is 128 Å². The Bertz CT molecular complexity index is 2110. The van der Waals surface area contributed by atoms with Crippen LogP contribution in [0.4, 0.5) is 5.82 Å². The second kappa shape index (κ2) is 27.8. The molecule has 1 aliphatic heterocycles. The fraction of sp³-hybridized carbons (Fsp3) is 0.703. The molecule has 0 bridgehead atoms. The molecule has 0 spiro atoms. The number of carbonyl (C=O) groups is 4. The number of anilines is 1. The highest BCUT2D eigenvalue weighted by atomic mass is 32.2. The van der Waals surface area contributed by atoms with Crippen molar-refractivity contribution in [1.82, 2.24) is 30.2 Å². The Balaban J connectivity index is 1.31. The molecular weight excluding hydrogens is 971 g/mol. The molecule has 67 heavy (non-hydrogen) atoms. The molecule has 2 aromatic heterocycles. The normalized spacial score (nSPS) is 20.1. The first-order chi connectivity index (χ1) is 31.4. The van der Waals surface area contributed by atoms with Gasteiger partial charge in [0.15, 0.2) is 17.7 Å². The number of rotatable bonds is 33. The number of allylic oxidation sites excluding steroid dienone is 1. The minimum atomic E-state index is -5.59. The van der Waals surface area contributed by atoms with E-state index in [0.29, 0.717) is 5.75 Å². The molecule has 0 saturated carbocycles. The van der Waals surface area contributed by atoms with Crippen LogP contribution in [0.2, 0.25) is 0 Å². The van der Waals surface area contributed by atoms with Gasteiger partial charge in [-0.2, -0.15) is 4.31 Å². The molecular formula is C37H62N7O19P3S. The number of nitrogens with zero attached hydrogens (tertiary/aromatic N) is 4. The molecule has 380 valence electrons. The van der Waals surface area contributed by atoms with Gasteiger partial charge in [0.25, 0.3) is 0 Å². The topological polar surface area (TPSA) is 401 Å². The molecule has 3 heterocycles. The largest absolute Gasteiger partial charge is 0.481 e. The summed E-state index contributed by atoms with van der Waals surface area (Å²) in [7, 11) is -16.4. The number of imidazole rings is 1. The van der Waals surface area contributed by atoms with Gasteiger partial charge in [-0.3, -0.25) is 37.3 Å². The number of aliphatic hydroxyl groups is 2. The van der Waals surface area contributed by atoms with Gasteiger partial charge in [-0.1, -0.05) is 83.1 Å². The third-order valence-corrected chi connectivity index (χ3v) is 13.9. The van der Waals surface area contributed by atoms with E-state index in [1.54, 1.807) is 0 Å². The van der Waals surface area contributed by atoms with Crippen LogP contribution in [0, 0.1) is 5.41 Å². The summed E-state index contributed by atoms with van der Waals surface area (Å²) in [5.41, 5.74) is 4.25. The monoisotopic (exact) mass is 1030 g/mol. The Labute approximate surface area is 390 Å². The number of fused-ring (bicyclic) bond motifs is 1. The molecule has 30 heteroatoms. The number of phosphoric ester groups is 3. The van der Waals surface area contributed by atoms with Crippen LogP contribution in [0.15, 0.2) is 24.8 Å². The van der Waals surface area contributed by atoms with Gasteiger partial charge < -0.3 is 56.0 Å². The number of aromatic nitrogens is 4. The molecule has 26 nitrogen and oxygen atoms in total. The van der Waals surface area contributed by atoms with Crippen LogP contribution in [0.1, 0.15) is 104 Å². The standard InChI is InChI=1S/C37H62N7O19P3S/c1-37(2,32(50)35(51)40-18-17-26(45)39-19-20-67-28(48)16-14-12-10-8-6-4-3-5-7-9-11-13-15-27(46)47)22-60-66(57,58)63-65(55,56)59-21-25-31(62-64(52,53)54)30(49)36(61-25)44-24-43-29-33(38)41-23-42-34(29)44/h14,16,23-25,30-32,36,49-50H,3-13,15,17-22H2,1-2H3,(H,39,45)(H,40,51)(H,46,47)(H,55,56)(H,57,58)(H2,38,41,42)(H2,52,53,54)/b16-14+/t25-,30-,31-,32+,36-/m1/s1. The maximum atomic E-state index is 12.7. The number of phosphoric acid groups is 3. The number of nitrogens with two attached hydrogens (primary N) is 1. The van der Waals surface area contributed by atoms with E-state index in [1.807, 2.05) is 6.08 Å². The van der Waals surface area contributed by atoms with Crippen molar-refractivity contribution in [1.29, 1.82) is 0 Å². The van der Waals surface area contributed by atoms with Crippen LogP contribution >= 0.6 is 35.2 Å². The van der Waals surface area contributed by atoms with Crippen molar-refractivity contribution in [2.24, 2.45) is 5.41 Å². The summed E-state index contributed by atoms with van der Waals surface area (Å²) in [6.45, 7) is 0.440. The smallest absolute Gasteiger partial charge is 0.481 e. The summed E-state index contributed by atoms with van der Waals surface area (Å²) in [5, 5.41) is 35.0. The summed E-state index contributed by atoms with van der Waals surface area (Å²) in [6.07, 6.45) is 7.93. The predicted molar refractivity (Wildman–Crippen MR) is 239 cm³/mol. The van der Waals surface area contributed by atoms with E-state index in [2.05, 4.69) is 34.4 Å². The lowest BCUT2D eigenvalue weighted by Crippen LogP contribution is -2.46. The van der Waals surface area contributed by atoms with E-state index >= 15 is 0 Å². The molecule has 3 rings (SSSR count). The SMILES string of the molecule is CC(C)(COP(=O)(O)OP(=O)(O)OC[C@H]1O[C@@H](n2cnc3c(N)ncnc32)[C@H](O)[C@@H]1OP(=O)(O)O)[C@@H](O)C(=O)NCCC(=O)NCCSC(=O)/C=C/CCCCCCCCCCCCC(=O)O. The molecule has 11 N–H and O–H groups in total. The van der Waals surface area contributed by atoms with Crippen molar-refractivity contribution < 1.29 is 90.4 Å². The van der Waals surface area contributed by atoms with E-state index in [4.69, 9.17) is 24.6 Å². The van der Waals surface area contributed by atoms with Gasteiger partial charge in [0.05, 0.1) is 19.5 Å². The first kappa shape index (κ1) is 58.1. The average molecular weight is 1030 g/mol. The summed E-state index contributed by atoms with van der Waals surface area (Å²) in [6, 6.07) is 0. The van der Waals surface area contributed by atoms with Gasteiger partial charge in [-0.15, -0.1) is 0 Å². The number of nitrogen functional groups attached to an aromatic ring is 1. The fourth-order valence-corrected chi connectivity index (χ4v) is 9.89. The Morgan fingerprint density at radius 2 is 1.54 bits per heavy atom. The van der Waals surface area contributed by atoms with Crippen LogP contribution in [-0.2, 0) is 55.5 Å². The Morgan fingerprint density at radius 3 is 2.18 bits per heavy atom. The highest BCUT2D eigenvalue weighted by Crippen LogP contribution is 2.61. The number of aliphatic hydroxyl groups excluding tert-OH is 2. The number of carboxylic acids is 1. The van der Waals surface area contributed by atoms with Crippen molar-refractivity contribution in [2.75, 3.05) is 37.8 Å². The van der Waals surface area contributed by atoms with Crippen molar-refractivity contribution in [3.63, 3.8) is 0 Å². The molecule has 2 amide bonds. The van der Waals surface area contributed by atoms with Crippen molar-refractivity contribution in [3.05, 3.63) is 24.8 Å². The van der Waals surface area contributed by atoms with E-state index in [0.717, 1.165) is 99.6 Å². The highest BCUT2D eigenvalue weighted by Gasteiger charge is 2.50. The minimum Gasteiger partial charge on any atom is -0.481 e.